The molecular formula is C15H20N2O2. The van der Waals surface area contributed by atoms with E-state index in [1.165, 1.54) is 0 Å². The first-order valence-corrected chi connectivity index (χ1v) is 6.73. The van der Waals surface area contributed by atoms with Gasteiger partial charge in [0.15, 0.2) is 0 Å². The predicted octanol–water partition coefficient (Wildman–Crippen LogP) is 1.70. The Kier molecular flexibility index (Phi) is 4.20. The molecule has 0 aliphatic heterocycles. The van der Waals surface area contributed by atoms with Gasteiger partial charge in [0.1, 0.15) is 0 Å². The number of carbonyl (C=O) groups excluding carboxylic acids is 2. The molecule has 1 aromatic carbocycles. The fraction of sp³-hybridized carbons (Fsp3) is 0.467. The average Bonchev–Trinajstić information content (AvgIpc) is 3.20. The maximum atomic E-state index is 12.2. The number of amides is 2. The summed E-state index contributed by atoms with van der Waals surface area (Å²) in [5.41, 5.74) is 1.03. The lowest BCUT2D eigenvalue weighted by Crippen LogP contribution is -2.46. The molecule has 0 spiro atoms. The third kappa shape index (κ3) is 3.81. The van der Waals surface area contributed by atoms with E-state index in [0.717, 1.165) is 18.4 Å². The van der Waals surface area contributed by atoms with Crippen LogP contribution in [0.1, 0.15) is 32.3 Å². The minimum atomic E-state index is -0.480. The van der Waals surface area contributed by atoms with Crippen molar-refractivity contribution in [2.45, 2.75) is 45.3 Å². The molecule has 0 bridgehead atoms. The Morgan fingerprint density at radius 3 is 2.42 bits per heavy atom. The number of benzene rings is 1. The molecule has 1 aliphatic carbocycles. The molecule has 0 saturated heterocycles. The lowest BCUT2D eigenvalue weighted by Gasteiger charge is -2.26. The Hall–Kier alpha value is -1.84. The van der Waals surface area contributed by atoms with E-state index in [1.54, 1.807) is 4.90 Å². The van der Waals surface area contributed by atoms with Gasteiger partial charge in [0.05, 0.1) is 0 Å². The Morgan fingerprint density at radius 2 is 1.89 bits per heavy atom. The highest BCUT2D eigenvalue weighted by molar-refractivity contribution is 6.35. The van der Waals surface area contributed by atoms with Gasteiger partial charge < -0.3 is 10.2 Å². The first-order chi connectivity index (χ1) is 9.08. The van der Waals surface area contributed by atoms with Gasteiger partial charge in [0.2, 0.25) is 0 Å². The fourth-order valence-electron chi connectivity index (χ4n) is 1.87. The first kappa shape index (κ1) is 13.6. The van der Waals surface area contributed by atoms with E-state index in [2.05, 4.69) is 5.32 Å². The maximum Gasteiger partial charge on any atom is 0.312 e. The molecule has 1 saturated carbocycles. The van der Waals surface area contributed by atoms with Crippen molar-refractivity contribution >= 4 is 11.8 Å². The van der Waals surface area contributed by atoms with E-state index in [-0.39, 0.29) is 12.1 Å². The van der Waals surface area contributed by atoms with Crippen LogP contribution in [0.5, 0.6) is 0 Å². The summed E-state index contributed by atoms with van der Waals surface area (Å²) >= 11 is 0. The van der Waals surface area contributed by atoms with E-state index >= 15 is 0 Å². The highest BCUT2D eigenvalue weighted by Crippen LogP contribution is 2.18. The van der Waals surface area contributed by atoms with Crippen LogP contribution in [0.2, 0.25) is 0 Å². The minimum Gasteiger partial charge on any atom is -0.345 e. The third-order valence-corrected chi connectivity index (χ3v) is 3.19. The van der Waals surface area contributed by atoms with Crippen molar-refractivity contribution < 1.29 is 9.59 Å². The summed E-state index contributed by atoms with van der Waals surface area (Å²) in [4.78, 5) is 25.6. The maximum absolute atomic E-state index is 12.2. The smallest absolute Gasteiger partial charge is 0.312 e. The molecule has 0 radical (unpaired) electrons. The number of carbonyl (C=O) groups is 2. The molecular weight excluding hydrogens is 240 g/mol. The van der Waals surface area contributed by atoms with Gasteiger partial charge in [0, 0.05) is 18.6 Å². The molecule has 1 aliphatic rings. The van der Waals surface area contributed by atoms with Gasteiger partial charge in [-0.05, 0) is 32.3 Å². The summed E-state index contributed by atoms with van der Waals surface area (Å²) < 4.78 is 0. The van der Waals surface area contributed by atoms with Crippen LogP contribution < -0.4 is 5.32 Å². The monoisotopic (exact) mass is 260 g/mol. The largest absolute Gasteiger partial charge is 0.345 e. The van der Waals surface area contributed by atoms with Gasteiger partial charge in [-0.1, -0.05) is 30.3 Å². The predicted molar refractivity (Wildman–Crippen MR) is 73.3 cm³/mol. The second-order valence-electron chi connectivity index (χ2n) is 5.26. The van der Waals surface area contributed by atoms with Crippen molar-refractivity contribution in [1.82, 2.24) is 10.2 Å². The zero-order chi connectivity index (χ0) is 13.8. The summed E-state index contributed by atoms with van der Waals surface area (Å²) in [5.74, 6) is -0.919. The number of nitrogens with zero attached hydrogens (tertiary/aromatic N) is 1. The van der Waals surface area contributed by atoms with Gasteiger partial charge in [-0.25, -0.2) is 0 Å². The molecule has 1 aromatic rings. The average molecular weight is 260 g/mol. The number of hydrogen-bond acceptors (Lipinski definition) is 2. The molecule has 0 atom stereocenters. The quantitative estimate of drug-likeness (QED) is 0.838. The number of nitrogens with one attached hydrogen (secondary N) is 1. The van der Waals surface area contributed by atoms with E-state index in [1.807, 2.05) is 44.2 Å². The first-order valence-electron chi connectivity index (χ1n) is 6.73. The van der Waals surface area contributed by atoms with Crippen molar-refractivity contribution in [1.29, 1.82) is 0 Å². The minimum absolute atomic E-state index is 0.00217. The number of hydrogen-bond donors (Lipinski definition) is 1. The Labute approximate surface area is 113 Å². The van der Waals surface area contributed by atoms with E-state index in [4.69, 9.17) is 0 Å². The van der Waals surface area contributed by atoms with Crippen LogP contribution in [0, 0.1) is 0 Å². The van der Waals surface area contributed by atoms with Crippen LogP contribution in [-0.4, -0.2) is 28.8 Å². The normalized spacial score (nSPS) is 14.3. The van der Waals surface area contributed by atoms with Crippen LogP contribution in [-0.2, 0) is 16.1 Å². The summed E-state index contributed by atoms with van der Waals surface area (Å²) in [7, 11) is 0. The highest BCUT2D eigenvalue weighted by Gasteiger charge is 2.30. The molecule has 0 unspecified atom stereocenters. The molecule has 0 aromatic heterocycles. The zero-order valence-corrected chi connectivity index (χ0v) is 11.4. The van der Waals surface area contributed by atoms with Crippen LogP contribution in [0.4, 0.5) is 0 Å². The van der Waals surface area contributed by atoms with E-state index < -0.39 is 11.8 Å². The SMILES string of the molecule is CC(C)N(Cc1ccccc1)C(=O)C(=O)NC1CC1. The van der Waals surface area contributed by atoms with Gasteiger partial charge in [-0.15, -0.1) is 0 Å². The summed E-state index contributed by atoms with van der Waals surface area (Å²) in [6.45, 7) is 4.31. The van der Waals surface area contributed by atoms with Crippen LogP contribution >= 0.6 is 0 Å². The molecule has 1 N–H and O–H groups in total. The lowest BCUT2D eigenvalue weighted by atomic mass is 10.2. The molecule has 4 nitrogen and oxygen atoms in total. The highest BCUT2D eigenvalue weighted by atomic mass is 16.2. The van der Waals surface area contributed by atoms with Gasteiger partial charge >= 0.3 is 11.8 Å². The lowest BCUT2D eigenvalue weighted by molar-refractivity contribution is -0.147. The van der Waals surface area contributed by atoms with Crippen LogP contribution in [0.15, 0.2) is 30.3 Å². The Bertz CT molecular complexity index is 452. The van der Waals surface area contributed by atoms with Crippen molar-refractivity contribution in [2.24, 2.45) is 0 Å². The number of rotatable bonds is 4. The van der Waals surface area contributed by atoms with Crippen molar-refractivity contribution in [2.75, 3.05) is 0 Å². The van der Waals surface area contributed by atoms with E-state index in [0.29, 0.717) is 6.54 Å². The Morgan fingerprint density at radius 1 is 1.26 bits per heavy atom. The van der Waals surface area contributed by atoms with Crippen LogP contribution in [0.3, 0.4) is 0 Å². The summed E-state index contributed by atoms with van der Waals surface area (Å²) in [6.07, 6.45) is 1.97. The molecule has 2 rings (SSSR count). The standard InChI is InChI=1S/C15H20N2O2/c1-11(2)17(10-12-6-4-3-5-7-12)15(19)14(18)16-13-8-9-13/h3-7,11,13H,8-10H2,1-2H3,(H,16,18). The second-order valence-corrected chi connectivity index (χ2v) is 5.26. The van der Waals surface area contributed by atoms with Crippen molar-refractivity contribution in [3.05, 3.63) is 35.9 Å². The second kappa shape index (κ2) is 5.87. The van der Waals surface area contributed by atoms with Crippen molar-refractivity contribution in [3.8, 4) is 0 Å². The van der Waals surface area contributed by atoms with Gasteiger partial charge in [0.25, 0.3) is 0 Å². The van der Waals surface area contributed by atoms with E-state index in [9.17, 15) is 9.59 Å². The molecule has 0 heterocycles. The van der Waals surface area contributed by atoms with Gasteiger partial charge in [-0.3, -0.25) is 9.59 Å². The zero-order valence-electron chi connectivity index (χ0n) is 11.4. The molecule has 4 heteroatoms. The van der Waals surface area contributed by atoms with Crippen molar-refractivity contribution in [3.63, 3.8) is 0 Å². The summed E-state index contributed by atoms with van der Waals surface area (Å²) in [6, 6.07) is 9.93. The molecule has 1 fully saturated rings. The topological polar surface area (TPSA) is 49.4 Å². The molecule has 19 heavy (non-hydrogen) atoms. The molecule has 2 amide bonds. The third-order valence-electron chi connectivity index (χ3n) is 3.19. The molecule has 102 valence electrons. The van der Waals surface area contributed by atoms with Gasteiger partial charge in [-0.2, -0.15) is 0 Å². The van der Waals surface area contributed by atoms with Crippen LogP contribution in [0.25, 0.3) is 0 Å². The fourth-order valence-corrected chi connectivity index (χ4v) is 1.87. The Balaban J connectivity index is 2.02. The summed E-state index contributed by atoms with van der Waals surface area (Å²) in [5, 5.41) is 2.74.